The summed E-state index contributed by atoms with van der Waals surface area (Å²) in [5.41, 5.74) is 2.59. The van der Waals surface area contributed by atoms with Crippen LogP contribution >= 0.6 is 0 Å². The summed E-state index contributed by atoms with van der Waals surface area (Å²) in [5.74, 6) is 1.65. The maximum absolute atomic E-state index is 5.59. The molecule has 4 nitrogen and oxygen atoms in total. The van der Waals surface area contributed by atoms with E-state index in [2.05, 4.69) is 29.1 Å². The number of hydrogen-bond acceptors (Lipinski definition) is 4. The summed E-state index contributed by atoms with van der Waals surface area (Å²) in [6, 6.07) is 0. The number of fused-ring (bicyclic) bond motifs is 1. The summed E-state index contributed by atoms with van der Waals surface area (Å²) in [6.07, 6.45) is 8.75. The average Bonchev–Trinajstić information content (AvgIpc) is 2.68. The van der Waals surface area contributed by atoms with Crippen molar-refractivity contribution in [3.63, 3.8) is 0 Å². The zero-order valence-corrected chi connectivity index (χ0v) is 12.8. The number of anilines is 1. The molecule has 1 heterocycles. The standard InChI is InChI=1S/C16H27N3O/c1-13(2)11-20-10-6-9-17-16-14-7-4-3-5-8-15(14)18-12-19-16/h12-13H,3-11H2,1-2H3,(H,17,18,19). The van der Waals surface area contributed by atoms with E-state index in [1.54, 1.807) is 6.33 Å². The zero-order valence-electron chi connectivity index (χ0n) is 12.8. The van der Waals surface area contributed by atoms with Crippen LogP contribution in [0.15, 0.2) is 6.33 Å². The Kier molecular flexibility index (Phi) is 6.25. The molecular weight excluding hydrogens is 250 g/mol. The highest BCUT2D eigenvalue weighted by atomic mass is 16.5. The minimum atomic E-state index is 0.612. The number of hydrogen-bond donors (Lipinski definition) is 1. The van der Waals surface area contributed by atoms with Gasteiger partial charge in [0.15, 0.2) is 0 Å². The number of ether oxygens (including phenoxy) is 1. The van der Waals surface area contributed by atoms with Gasteiger partial charge in [0.1, 0.15) is 12.1 Å². The van der Waals surface area contributed by atoms with Gasteiger partial charge in [0.25, 0.3) is 0 Å². The second-order valence-corrected chi connectivity index (χ2v) is 5.96. The van der Waals surface area contributed by atoms with Crippen LogP contribution in [0.1, 0.15) is 50.8 Å². The lowest BCUT2D eigenvalue weighted by Gasteiger charge is -2.12. The monoisotopic (exact) mass is 277 g/mol. The third-order valence-corrected chi connectivity index (χ3v) is 3.58. The third-order valence-electron chi connectivity index (χ3n) is 3.58. The number of aromatic nitrogens is 2. The van der Waals surface area contributed by atoms with Gasteiger partial charge in [0.05, 0.1) is 0 Å². The number of nitrogens with one attached hydrogen (secondary N) is 1. The van der Waals surface area contributed by atoms with Crippen molar-refractivity contribution in [2.45, 2.75) is 52.4 Å². The summed E-state index contributed by atoms with van der Waals surface area (Å²) in [6.45, 7) is 6.94. The number of rotatable bonds is 7. The van der Waals surface area contributed by atoms with Gasteiger partial charge in [0, 0.05) is 31.0 Å². The molecule has 0 unspecified atom stereocenters. The molecule has 0 amide bonds. The van der Waals surface area contributed by atoms with E-state index in [0.29, 0.717) is 5.92 Å². The molecule has 0 saturated carbocycles. The zero-order chi connectivity index (χ0) is 14.2. The van der Waals surface area contributed by atoms with Crippen molar-refractivity contribution in [3.8, 4) is 0 Å². The van der Waals surface area contributed by atoms with Gasteiger partial charge in [-0.3, -0.25) is 0 Å². The molecular formula is C16H27N3O. The topological polar surface area (TPSA) is 47.0 Å². The van der Waals surface area contributed by atoms with Crippen LogP contribution in [-0.2, 0) is 17.6 Å². The van der Waals surface area contributed by atoms with Crippen molar-refractivity contribution in [1.29, 1.82) is 0 Å². The minimum absolute atomic E-state index is 0.612. The van der Waals surface area contributed by atoms with E-state index in [9.17, 15) is 0 Å². The van der Waals surface area contributed by atoms with Gasteiger partial charge in [-0.05, 0) is 38.0 Å². The molecule has 0 aliphatic heterocycles. The van der Waals surface area contributed by atoms with E-state index in [4.69, 9.17) is 4.74 Å². The van der Waals surface area contributed by atoms with Gasteiger partial charge in [0.2, 0.25) is 0 Å². The quantitative estimate of drug-likeness (QED) is 0.614. The SMILES string of the molecule is CC(C)COCCCNc1ncnc2c1CCCCC2. The highest BCUT2D eigenvalue weighted by molar-refractivity contribution is 5.46. The lowest BCUT2D eigenvalue weighted by Crippen LogP contribution is -2.12. The van der Waals surface area contributed by atoms with Crippen molar-refractivity contribution in [2.75, 3.05) is 25.1 Å². The Bertz CT molecular complexity index is 407. The lowest BCUT2D eigenvalue weighted by atomic mass is 10.1. The Morgan fingerprint density at radius 1 is 1.20 bits per heavy atom. The molecule has 4 heteroatoms. The van der Waals surface area contributed by atoms with E-state index in [1.807, 2.05) is 0 Å². The Hall–Kier alpha value is -1.16. The molecule has 0 radical (unpaired) electrons. The molecule has 2 rings (SSSR count). The van der Waals surface area contributed by atoms with Crippen molar-refractivity contribution in [3.05, 3.63) is 17.6 Å². The normalized spacial score (nSPS) is 14.9. The van der Waals surface area contributed by atoms with Gasteiger partial charge in [-0.15, -0.1) is 0 Å². The molecule has 1 N–H and O–H groups in total. The molecule has 20 heavy (non-hydrogen) atoms. The number of nitrogens with zero attached hydrogens (tertiary/aromatic N) is 2. The van der Waals surface area contributed by atoms with Gasteiger partial charge in [-0.1, -0.05) is 20.3 Å². The van der Waals surface area contributed by atoms with Crippen molar-refractivity contribution >= 4 is 5.82 Å². The van der Waals surface area contributed by atoms with E-state index >= 15 is 0 Å². The lowest BCUT2D eigenvalue weighted by molar-refractivity contribution is 0.110. The summed E-state index contributed by atoms with van der Waals surface area (Å²) >= 11 is 0. The fourth-order valence-corrected chi connectivity index (χ4v) is 2.55. The van der Waals surface area contributed by atoms with E-state index in [-0.39, 0.29) is 0 Å². The van der Waals surface area contributed by atoms with Crippen LogP contribution in [0, 0.1) is 5.92 Å². The first-order valence-corrected chi connectivity index (χ1v) is 7.91. The van der Waals surface area contributed by atoms with Gasteiger partial charge in [-0.25, -0.2) is 9.97 Å². The molecule has 1 aliphatic carbocycles. The average molecular weight is 277 g/mol. The minimum Gasteiger partial charge on any atom is -0.381 e. The van der Waals surface area contributed by atoms with Gasteiger partial charge >= 0.3 is 0 Å². The van der Waals surface area contributed by atoms with E-state index in [0.717, 1.165) is 44.8 Å². The predicted molar refractivity (Wildman–Crippen MR) is 82.1 cm³/mol. The maximum atomic E-state index is 5.59. The highest BCUT2D eigenvalue weighted by Crippen LogP contribution is 2.23. The number of aryl methyl sites for hydroxylation is 1. The Labute approximate surface area is 122 Å². The van der Waals surface area contributed by atoms with E-state index in [1.165, 1.54) is 30.5 Å². The largest absolute Gasteiger partial charge is 0.381 e. The van der Waals surface area contributed by atoms with Crippen molar-refractivity contribution < 1.29 is 4.74 Å². The Balaban J connectivity index is 1.78. The van der Waals surface area contributed by atoms with Crippen LogP contribution in [-0.4, -0.2) is 29.7 Å². The molecule has 0 saturated heterocycles. The molecule has 112 valence electrons. The van der Waals surface area contributed by atoms with Crippen molar-refractivity contribution in [1.82, 2.24) is 9.97 Å². The first kappa shape index (κ1) is 15.2. The Morgan fingerprint density at radius 2 is 2.05 bits per heavy atom. The summed E-state index contributed by atoms with van der Waals surface area (Å²) < 4.78 is 5.59. The molecule has 1 aromatic rings. The predicted octanol–water partition coefficient (Wildman–Crippen LogP) is 3.22. The molecule has 0 spiro atoms. The Morgan fingerprint density at radius 3 is 2.90 bits per heavy atom. The summed E-state index contributed by atoms with van der Waals surface area (Å²) in [7, 11) is 0. The molecule has 0 bridgehead atoms. The second-order valence-electron chi connectivity index (χ2n) is 5.96. The first-order valence-electron chi connectivity index (χ1n) is 7.91. The van der Waals surface area contributed by atoms with E-state index < -0.39 is 0 Å². The fraction of sp³-hybridized carbons (Fsp3) is 0.750. The van der Waals surface area contributed by atoms with Crippen LogP contribution < -0.4 is 5.32 Å². The molecule has 0 aromatic carbocycles. The van der Waals surface area contributed by atoms with Gasteiger partial charge < -0.3 is 10.1 Å². The molecule has 1 aromatic heterocycles. The summed E-state index contributed by atoms with van der Waals surface area (Å²) in [5, 5.41) is 3.46. The highest BCUT2D eigenvalue weighted by Gasteiger charge is 2.13. The van der Waals surface area contributed by atoms with Crippen LogP contribution in [0.5, 0.6) is 0 Å². The van der Waals surface area contributed by atoms with Crippen LogP contribution in [0.25, 0.3) is 0 Å². The second kappa shape index (κ2) is 8.20. The maximum Gasteiger partial charge on any atom is 0.132 e. The molecule has 0 fully saturated rings. The van der Waals surface area contributed by atoms with Crippen LogP contribution in [0.4, 0.5) is 5.82 Å². The van der Waals surface area contributed by atoms with Crippen LogP contribution in [0.2, 0.25) is 0 Å². The van der Waals surface area contributed by atoms with Crippen LogP contribution in [0.3, 0.4) is 0 Å². The van der Waals surface area contributed by atoms with Crippen molar-refractivity contribution in [2.24, 2.45) is 5.92 Å². The fourth-order valence-electron chi connectivity index (χ4n) is 2.55. The smallest absolute Gasteiger partial charge is 0.132 e. The summed E-state index contributed by atoms with van der Waals surface area (Å²) in [4.78, 5) is 8.86. The third kappa shape index (κ3) is 4.75. The molecule has 1 aliphatic rings. The molecule has 0 atom stereocenters. The van der Waals surface area contributed by atoms with Gasteiger partial charge in [-0.2, -0.15) is 0 Å². The first-order chi connectivity index (χ1) is 9.77.